The fourth-order valence-corrected chi connectivity index (χ4v) is 3.33. The van der Waals surface area contributed by atoms with E-state index in [1.807, 2.05) is 38.1 Å². The largest absolute Gasteiger partial charge is 0.497 e. The van der Waals surface area contributed by atoms with Crippen molar-refractivity contribution in [1.29, 1.82) is 0 Å². The van der Waals surface area contributed by atoms with Crippen LogP contribution in [0.3, 0.4) is 0 Å². The molecule has 2 heterocycles. The number of nitrogens with zero attached hydrogens (tertiary/aromatic N) is 3. The van der Waals surface area contributed by atoms with E-state index in [-0.39, 0.29) is 5.91 Å². The number of benzene rings is 1. The molecular formula is C19H20N4O3S. The van der Waals surface area contributed by atoms with Crippen LogP contribution >= 0.6 is 11.3 Å². The van der Waals surface area contributed by atoms with E-state index in [0.717, 1.165) is 16.3 Å². The second-order valence-electron chi connectivity index (χ2n) is 5.63. The molecule has 2 aromatic heterocycles. The summed E-state index contributed by atoms with van der Waals surface area (Å²) in [5.41, 5.74) is 2.29. The van der Waals surface area contributed by atoms with Gasteiger partial charge in [0.25, 0.3) is 5.91 Å². The molecule has 1 aromatic carbocycles. The molecule has 140 valence electrons. The maximum Gasteiger partial charge on any atom is 0.268 e. The van der Waals surface area contributed by atoms with Crippen molar-refractivity contribution >= 4 is 23.1 Å². The van der Waals surface area contributed by atoms with Gasteiger partial charge >= 0.3 is 0 Å². The van der Waals surface area contributed by atoms with E-state index in [9.17, 15) is 4.79 Å². The van der Waals surface area contributed by atoms with Gasteiger partial charge in [-0.3, -0.25) is 4.79 Å². The number of amides is 1. The Kier molecular flexibility index (Phi) is 6.10. The van der Waals surface area contributed by atoms with Gasteiger partial charge in [0.2, 0.25) is 0 Å². The number of nitrogens with one attached hydrogen (secondary N) is 1. The quantitative estimate of drug-likeness (QED) is 0.668. The van der Waals surface area contributed by atoms with Crippen LogP contribution in [0.25, 0.3) is 11.3 Å². The van der Waals surface area contributed by atoms with Crippen molar-refractivity contribution in [3.05, 3.63) is 52.2 Å². The normalized spacial score (nSPS) is 10.6. The molecule has 0 fully saturated rings. The summed E-state index contributed by atoms with van der Waals surface area (Å²) in [5, 5.41) is 3.59. The first kappa shape index (κ1) is 18.9. The number of aromatic nitrogens is 3. The fourth-order valence-electron chi connectivity index (χ4n) is 2.43. The lowest BCUT2D eigenvalue weighted by atomic mass is 10.1. The minimum atomic E-state index is -0.243. The van der Waals surface area contributed by atoms with E-state index in [2.05, 4.69) is 20.3 Å². The van der Waals surface area contributed by atoms with Gasteiger partial charge in [-0.05, 0) is 38.1 Å². The molecule has 7 nitrogen and oxygen atoms in total. The average molecular weight is 384 g/mol. The minimum absolute atomic E-state index is 0.243. The molecule has 27 heavy (non-hydrogen) atoms. The number of carbonyl (C=O) groups is 1. The first-order valence-corrected chi connectivity index (χ1v) is 9.24. The molecule has 0 radical (unpaired) electrons. The Morgan fingerprint density at radius 2 is 2.00 bits per heavy atom. The third-order valence-electron chi connectivity index (χ3n) is 3.77. The highest BCUT2D eigenvalue weighted by Crippen LogP contribution is 2.23. The molecule has 0 unspecified atom stereocenters. The topological polar surface area (TPSA) is 86.2 Å². The van der Waals surface area contributed by atoms with Crippen LogP contribution in [-0.4, -0.2) is 34.6 Å². The van der Waals surface area contributed by atoms with Crippen LogP contribution in [-0.2, 0) is 11.3 Å². The van der Waals surface area contributed by atoms with Gasteiger partial charge in [0.1, 0.15) is 27.8 Å². The van der Waals surface area contributed by atoms with Gasteiger partial charge in [0.05, 0.1) is 25.1 Å². The zero-order chi connectivity index (χ0) is 19.2. The number of thiazole rings is 1. The molecule has 0 spiro atoms. The molecule has 0 aliphatic heterocycles. The molecule has 1 N–H and O–H groups in total. The average Bonchev–Trinajstić information content (AvgIpc) is 3.07. The Balaban J connectivity index is 1.75. The SMILES string of the molecule is CCOCc1nc(C)c(C(=O)Nc2cc(-c3ccc(OC)cc3)ncn2)s1. The van der Waals surface area contributed by atoms with E-state index in [0.29, 0.717) is 35.3 Å². The highest BCUT2D eigenvalue weighted by atomic mass is 32.1. The zero-order valence-electron chi connectivity index (χ0n) is 15.4. The van der Waals surface area contributed by atoms with E-state index < -0.39 is 0 Å². The predicted molar refractivity (Wildman–Crippen MR) is 104 cm³/mol. The summed E-state index contributed by atoms with van der Waals surface area (Å²) in [7, 11) is 1.62. The third-order valence-corrected chi connectivity index (χ3v) is 4.90. The summed E-state index contributed by atoms with van der Waals surface area (Å²) in [4.78, 5) is 25.9. The third kappa shape index (κ3) is 4.66. The van der Waals surface area contributed by atoms with Crippen molar-refractivity contribution in [1.82, 2.24) is 15.0 Å². The molecule has 0 bridgehead atoms. The molecule has 0 saturated carbocycles. The first-order chi connectivity index (χ1) is 13.1. The van der Waals surface area contributed by atoms with Gasteiger partial charge in [0, 0.05) is 18.2 Å². The Bertz CT molecular complexity index is 925. The molecule has 1 amide bonds. The molecule has 0 atom stereocenters. The monoisotopic (exact) mass is 384 g/mol. The Labute approximate surface area is 161 Å². The molecule has 3 aromatic rings. The van der Waals surface area contributed by atoms with E-state index in [4.69, 9.17) is 9.47 Å². The molecule has 0 aliphatic carbocycles. The number of anilines is 1. The molecular weight excluding hydrogens is 364 g/mol. The summed E-state index contributed by atoms with van der Waals surface area (Å²) in [6.07, 6.45) is 1.43. The second-order valence-corrected chi connectivity index (χ2v) is 6.71. The maximum absolute atomic E-state index is 12.6. The van der Waals surface area contributed by atoms with Crippen LogP contribution in [0.2, 0.25) is 0 Å². The van der Waals surface area contributed by atoms with Crippen molar-refractivity contribution in [3.63, 3.8) is 0 Å². The van der Waals surface area contributed by atoms with E-state index in [1.165, 1.54) is 17.7 Å². The van der Waals surface area contributed by atoms with Crippen LogP contribution in [0.15, 0.2) is 36.7 Å². The van der Waals surface area contributed by atoms with Crippen molar-refractivity contribution < 1.29 is 14.3 Å². The van der Waals surface area contributed by atoms with E-state index in [1.54, 1.807) is 13.2 Å². The highest BCUT2D eigenvalue weighted by Gasteiger charge is 2.16. The van der Waals surface area contributed by atoms with Crippen LogP contribution < -0.4 is 10.1 Å². The van der Waals surface area contributed by atoms with Gasteiger partial charge in [-0.25, -0.2) is 15.0 Å². The predicted octanol–water partition coefficient (Wildman–Crippen LogP) is 3.71. The summed E-state index contributed by atoms with van der Waals surface area (Å²) in [5.74, 6) is 0.956. The molecule has 8 heteroatoms. The number of ether oxygens (including phenoxy) is 2. The minimum Gasteiger partial charge on any atom is -0.497 e. The number of carbonyl (C=O) groups excluding carboxylic acids is 1. The van der Waals surface area contributed by atoms with Gasteiger partial charge in [-0.2, -0.15) is 0 Å². The highest BCUT2D eigenvalue weighted by molar-refractivity contribution is 7.13. The van der Waals surface area contributed by atoms with Crippen LogP contribution in [0, 0.1) is 6.92 Å². The molecule has 3 rings (SSSR count). The summed E-state index contributed by atoms with van der Waals surface area (Å²) in [6.45, 7) is 4.74. The van der Waals surface area contributed by atoms with Gasteiger partial charge in [-0.15, -0.1) is 11.3 Å². The van der Waals surface area contributed by atoms with Gasteiger partial charge in [-0.1, -0.05) is 0 Å². The fraction of sp³-hybridized carbons (Fsp3) is 0.263. The smallest absolute Gasteiger partial charge is 0.268 e. The second kappa shape index (κ2) is 8.70. The number of aryl methyl sites for hydroxylation is 1. The van der Waals surface area contributed by atoms with Crippen LogP contribution in [0.4, 0.5) is 5.82 Å². The lowest BCUT2D eigenvalue weighted by Gasteiger charge is -2.06. The van der Waals surface area contributed by atoms with Crippen molar-refractivity contribution in [3.8, 4) is 17.0 Å². The number of hydrogen-bond acceptors (Lipinski definition) is 7. The maximum atomic E-state index is 12.6. The lowest BCUT2D eigenvalue weighted by molar-refractivity contribution is 0.102. The summed E-state index contributed by atoms with van der Waals surface area (Å²) >= 11 is 1.33. The lowest BCUT2D eigenvalue weighted by Crippen LogP contribution is -2.12. The Hall–Kier alpha value is -2.84. The standard InChI is InChI=1S/C19H20N4O3S/c1-4-26-10-17-22-12(2)18(27-17)19(24)23-16-9-15(20-11-21-16)13-5-7-14(25-3)8-6-13/h5-9,11H,4,10H2,1-3H3,(H,20,21,23,24). The first-order valence-electron chi connectivity index (χ1n) is 8.42. The summed E-state index contributed by atoms with van der Waals surface area (Å²) in [6, 6.07) is 9.25. The molecule has 0 aliphatic rings. The van der Waals surface area contributed by atoms with Crippen LogP contribution in [0.5, 0.6) is 5.75 Å². The number of rotatable bonds is 7. The van der Waals surface area contributed by atoms with Crippen molar-refractivity contribution in [2.45, 2.75) is 20.5 Å². The van der Waals surface area contributed by atoms with Crippen LogP contribution in [0.1, 0.15) is 27.3 Å². The Morgan fingerprint density at radius 1 is 1.22 bits per heavy atom. The summed E-state index contributed by atoms with van der Waals surface area (Å²) < 4.78 is 10.5. The van der Waals surface area contributed by atoms with Gasteiger partial charge < -0.3 is 14.8 Å². The number of hydrogen-bond donors (Lipinski definition) is 1. The van der Waals surface area contributed by atoms with Gasteiger partial charge in [0.15, 0.2) is 0 Å². The van der Waals surface area contributed by atoms with Crippen molar-refractivity contribution in [2.75, 3.05) is 19.0 Å². The zero-order valence-corrected chi connectivity index (χ0v) is 16.2. The van der Waals surface area contributed by atoms with E-state index >= 15 is 0 Å². The molecule has 0 saturated heterocycles. The Morgan fingerprint density at radius 3 is 2.70 bits per heavy atom. The number of methoxy groups -OCH3 is 1. The van der Waals surface area contributed by atoms with Crippen molar-refractivity contribution in [2.24, 2.45) is 0 Å².